The summed E-state index contributed by atoms with van der Waals surface area (Å²) in [5, 5.41) is 12.4. The van der Waals surface area contributed by atoms with Gasteiger partial charge in [-0.15, -0.1) is 5.10 Å². The Bertz CT molecular complexity index is 111. The van der Waals surface area contributed by atoms with Gasteiger partial charge in [0.15, 0.2) is 0 Å². The van der Waals surface area contributed by atoms with Crippen LogP contribution in [0.25, 0.3) is 0 Å². The predicted molar refractivity (Wildman–Crippen MR) is 20.0 cm³/mol. The first-order valence-corrected chi connectivity index (χ1v) is 1.71. The second-order valence-electron chi connectivity index (χ2n) is 0.694. The smallest absolute Gasteiger partial charge is 0.176 e. The lowest BCUT2D eigenvalue weighted by molar-refractivity contribution is 0.881. The molecule has 1 N–H and O–H groups in total. The van der Waals surface area contributed by atoms with E-state index in [1.807, 2.05) is 0 Å². The maximum Gasteiger partial charge on any atom is 0.260 e. The van der Waals surface area contributed by atoms with E-state index >= 15 is 0 Å². The van der Waals surface area contributed by atoms with E-state index < -0.39 is 0 Å². The summed E-state index contributed by atoms with van der Waals surface area (Å²) in [6.45, 7) is 0. The van der Waals surface area contributed by atoms with Crippen molar-refractivity contribution in [2.24, 2.45) is 0 Å². The fourth-order valence-corrected chi connectivity index (χ4v) is 0.234. The average Bonchev–Trinajstić information content (AvgIpc) is 1.86. The molecule has 5 heteroatoms. The average molecular weight is 101 g/mol. The molecule has 1 aromatic rings. The molecule has 0 aliphatic rings. The second-order valence-corrected chi connectivity index (χ2v) is 1.06. The van der Waals surface area contributed by atoms with E-state index in [0.717, 1.165) is 0 Å². The molecular formula is CHN4S. The van der Waals surface area contributed by atoms with Crippen LogP contribution in [0.3, 0.4) is 0 Å². The van der Waals surface area contributed by atoms with Crippen molar-refractivity contribution in [1.82, 2.24) is 20.6 Å². The Morgan fingerprint density at radius 3 is 2.67 bits per heavy atom. The summed E-state index contributed by atoms with van der Waals surface area (Å²) < 4.78 is 0. The highest BCUT2D eigenvalue weighted by atomic mass is 32.1. The lowest BCUT2D eigenvalue weighted by atomic mass is 11.4. The van der Waals surface area contributed by atoms with Crippen molar-refractivity contribution in [2.75, 3.05) is 0 Å². The molecule has 0 bridgehead atoms. The molecular weight excluding hydrogens is 100 g/mol. The van der Waals surface area contributed by atoms with Gasteiger partial charge >= 0.3 is 0 Å². The monoisotopic (exact) mass is 101 g/mol. The van der Waals surface area contributed by atoms with Gasteiger partial charge < -0.3 is 0 Å². The van der Waals surface area contributed by atoms with Crippen molar-refractivity contribution in [3.05, 3.63) is 0 Å². The normalized spacial score (nSPS) is 8.67. The quantitative estimate of drug-likeness (QED) is 0.490. The van der Waals surface area contributed by atoms with Crippen LogP contribution in [-0.2, 0) is 0 Å². The minimum Gasteiger partial charge on any atom is -0.176 e. The Morgan fingerprint density at radius 1 is 1.67 bits per heavy atom. The molecule has 1 aromatic heterocycles. The summed E-state index contributed by atoms with van der Waals surface area (Å²) in [5.41, 5.74) is 0. The van der Waals surface area contributed by atoms with Crippen LogP contribution in [0.4, 0.5) is 0 Å². The number of aromatic nitrogens is 4. The topological polar surface area (TPSA) is 54.5 Å². The van der Waals surface area contributed by atoms with E-state index in [2.05, 4.69) is 33.3 Å². The summed E-state index contributed by atoms with van der Waals surface area (Å²) in [6.07, 6.45) is 0. The van der Waals surface area contributed by atoms with Gasteiger partial charge in [0.25, 0.3) is 5.16 Å². The van der Waals surface area contributed by atoms with Crippen LogP contribution in [0.1, 0.15) is 0 Å². The zero-order valence-electron chi connectivity index (χ0n) is 2.75. The van der Waals surface area contributed by atoms with Crippen molar-refractivity contribution in [2.45, 2.75) is 5.16 Å². The summed E-state index contributed by atoms with van der Waals surface area (Å²) in [7, 11) is 0. The molecule has 4 nitrogen and oxygen atoms in total. The molecule has 1 heterocycles. The van der Waals surface area contributed by atoms with Crippen LogP contribution in [0, 0.1) is 0 Å². The Balaban J connectivity index is 3.05. The zero-order chi connectivity index (χ0) is 4.41. The first-order valence-electron chi connectivity index (χ1n) is 1.30. The molecule has 0 spiro atoms. The van der Waals surface area contributed by atoms with Gasteiger partial charge in [0.1, 0.15) is 0 Å². The van der Waals surface area contributed by atoms with E-state index in [9.17, 15) is 0 Å². The van der Waals surface area contributed by atoms with Gasteiger partial charge in [-0.25, -0.2) is 0 Å². The fraction of sp³-hybridized carbons (Fsp3) is 0. The summed E-state index contributed by atoms with van der Waals surface area (Å²) in [6, 6.07) is 0. The first-order chi connectivity index (χ1) is 2.89. The third kappa shape index (κ3) is 0.436. The highest BCUT2D eigenvalue weighted by Crippen LogP contribution is 1.84. The lowest BCUT2D eigenvalue weighted by Crippen LogP contribution is -1.64. The van der Waals surface area contributed by atoms with E-state index in [1.165, 1.54) is 0 Å². The minimum atomic E-state index is 0.259. The van der Waals surface area contributed by atoms with Crippen LogP contribution < -0.4 is 0 Å². The standard InChI is InChI=1S/CHN4S/c6-1-2-4-5-3-1/h(H,2,3,4,5). The number of rotatable bonds is 0. The van der Waals surface area contributed by atoms with Crippen LogP contribution >= 0.6 is 12.6 Å². The van der Waals surface area contributed by atoms with Gasteiger partial charge in [-0.1, -0.05) is 5.10 Å². The number of tetrazole rings is 1. The molecule has 1 rings (SSSR count). The highest BCUT2D eigenvalue weighted by Gasteiger charge is 1.82. The molecule has 0 atom stereocenters. The van der Waals surface area contributed by atoms with Crippen molar-refractivity contribution in [3.8, 4) is 0 Å². The molecule has 0 aromatic carbocycles. The Kier molecular flexibility index (Phi) is 0.681. The van der Waals surface area contributed by atoms with Crippen LogP contribution in [0.2, 0.25) is 0 Å². The molecule has 0 aliphatic carbocycles. The van der Waals surface area contributed by atoms with Gasteiger partial charge in [-0.2, -0.15) is 5.21 Å². The van der Waals surface area contributed by atoms with E-state index in [1.54, 1.807) is 0 Å². The minimum absolute atomic E-state index is 0.259. The van der Waals surface area contributed by atoms with Gasteiger partial charge in [-0.05, 0) is 17.8 Å². The number of H-pyrrole nitrogens is 1. The molecule has 0 saturated carbocycles. The maximum absolute atomic E-state index is 4.43. The largest absolute Gasteiger partial charge is 0.260 e. The molecule has 0 saturated heterocycles. The van der Waals surface area contributed by atoms with Gasteiger partial charge in [0.05, 0.1) is 0 Å². The van der Waals surface area contributed by atoms with Crippen molar-refractivity contribution in [3.63, 3.8) is 0 Å². The fourth-order valence-electron chi connectivity index (χ4n) is 0.153. The third-order valence-electron chi connectivity index (χ3n) is 0.326. The SMILES string of the molecule is [S]c1nn[nH]n1. The van der Waals surface area contributed by atoms with Gasteiger partial charge in [0.2, 0.25) is 0 Å². The highest BCUT2D eigenvalue weighted by molar-refractivity contribution is 7.80. The van der Waals surface area contributed by atoms with Gasteiger partial charge in [0, 0.05) is 0 Å². The van der Waals surface area contributed by atoms with Crippen molar-refractivity contribution < 1.29 is 0 Å². The first kappa shape index (κ1) is 3.48. The van der Waals surface area contributed by atoms with E-state index in [-0.39, 0.29) is 5.16 Å². The molecule has 31 valence electrons. The molecule has 6 heavy (non-hydrogen) atoms. The number of aromatic amines is 1. The molecule has 0 aliphatic heterocycles. The predicted octanol–water partition coefficient (Wildman–Crippen LogP) is -0.244. The Morgan fingerprint density at radius 2 is 2.50 bits per heavy atom. The molecule has 0 fully saturated rings. The van der Waals surface area contributed by atoms with Crippen molar-refractivity contribution in [1.29, 1.82) is 0 Å². The van der Waals surface area contributed by atoms with Crippen LogP contribution in [0.15, 0.2) is 5.16 Å². The van der Waals surface area contributed by atoms with Crippen LogP contribution in [0.5, 0.6) is 0 Å². The Hall–Kier alpha value is -0.710. The second kappa shape index (κ2) is 1.17. The molecule has 0 amide bonds. The van der Waals surface area contributed by atoms with Crippen molar-refractivity contribution >= 4 is 12.6 Å². The van der Waals surface area contributed by atoms with E-state index in [4.69, 9.17) is 0 Å². The Labute approximate surface area is 39.4 Å². The van der Waals surface area contributed by atoms with Gasteiger partial charge in [-0.3, -0.25) is 0 Å². The zero-order valence-corrected chi connectivity index (χ0v) is 3.57. The maximum atomic E-state index is 4.43. The summed E-state index contributed by atoms with van der Waals surface area (Å²) >= 11 is 4.43. The molecule has 1 radical (unpaired) electrons. The van der Waals surface area contributed by atoms with Crippen LogP contribution in [-0.4, -0.2) is 20.6 Å². The van der Waals surface area contributed by atoms with E-state index in [0.29, 0.717) is 0 Å². The summed E-state index contributed by atoms with van der Waals surface area (Å²) in [4.78, 5) is 0. The number of hydrogen-bond donors (Lipinski definition) is 1. The number of nitrogens with zero attached hydrogens (tertiary/aromatic N) is 3. The third-order valence-corrected chi connectivity index (χ3v) is 0.499. The number of hydrogen-bond acceptors (Lipinski definition) is 3. The summed E-state index contributed by atoms with van der Waals surface area (Å²) in [5.74, 6) is 0. The molecule has 0 unspecified atom stereocenters. The number of nitrogens with one attached hydrogen (secondary N) is 1. The lowest BCUT2D eigenvalue weighted by Gasteiger charge is -1.56.